The van der Waals surface area contributed by atoms with Gasteiger partial charge in [-0.25, -0.2) is 4.98 Å². The number of methoxy groups -OCH3 is 1. The molecule has 0 aliphatic heterocycles. The second-order valence-electron chi connectivity index (χ2n) is 3.83. The van der Waals surface area contributed by atoms with Crippen LogP contribution in [0.2, 0.25) is 0 Å². The third-order valence-corrected chi connectivity index (χ3v) is 3.54. The number of ether oxygens (including phenoxy) is 1. The fourth-order valence-corrected chi connectivity index (χ4v) is 2.29. The number of aromatic nitrogens is 1. The smallest absolute Gasteiger partial charge is 0.252 e. The summed E-state index contributed by atoms with van der Waals surface area (Å²) in [7, 11) is 1.56. The van der Waals surface area contributed by atoms with Gasteiger partial charge < -0.3 is 10.1 Å². The van der Waals surface area contributed by atoms with Crippen molar-refractivity contribution < 1.29 is 9.53 Å². The maximum atomic E-state index is 12.1. The number of hydrogen-bond acceptors (Lipinski definition) is 3. The number of carbonyl (C=O) groups excluding carboxylic acids is 1. The van der Waals surface area contributed by atoms with Crippen LogP contribution in [0.3, 0.4) is 0 Å². The first-order valence-corrected chi connectivity index (χ1v) is 6.81. The Labute approximate surface area is 125 Å². The van der Waals surface area contributed by atoms with E-state index in [0.717, 1.165) is 9.13 Å². The number of hydrogen-bond donors (Lipinski definition) is 1. The SMILES string of the molecule is COc1ncccc1CNC(=O)c1ccccc1I. The van der Waals surface area contributed by atoms with Gasteiger partial charge in [0.15, 0.2) is 0 Å². The lowest BCUT2D eigenvalue weighted by atomic mass is 10.2. The first-order valence-electron chi connectivity index (χ1n) is 5.73. The van der Waals surface area contributed by atoms with Crippen LogP contribution in [0.25, 0.3) is 0 Å². The molecule has 1 aromatic heterocycles. The van der Waals surface area contributed by atoms with E-state index in [-0.39, 0.29) is 5.91 Å². The van der Waals surface area contributed by atoms with Gasteiger partial charge in [-0.15, -0.1) is 0 Å². The van der Waals surface area contributed by atoms with Crippen molar-refractivity contribution in [3.05, 3.63) is 57.3 Å². The molecular formula is C14H13IN2O2. The minimum atomic E-state index is -0.101. The molecule has 2 rings (SSSR count). The van der Waals surface area contributed by atoms with Crippen LogP contribution in [0, 0.1) is 3.57 Å². The number of rotatable bonds is 4. The van der Waals surface area contributed by atoms with Crippen LogP contribution in [0.15, 0.2) is 42.6 Å². The van der Waals surface area contributed by atoms with Gasteiger partial charge in [0, 0.05) is 21.9 Å². The van der Waals surface area contributed by atoms with E-state index in [1.54, 1.807) is 19.4 Å². The molecule has 0 unspecified atom stereocenters. The van der Waals surface area contributed by atoms with Crippen molar-refractivity contribution in [3.8, 4) is 5.88 Å². The highest BCUT2D eigenvalue weighted by molar-refractivity contribution is 14.1. The summed E-state index contributed by atoms with van der Waals surface area (Å²) >= 11 is 2.15. The van der Waals surface area contributed by atoms with Crippen molar-refractivity contribution in [2.75, 3.05) is 7.11 Å². The molecule has 19 heavy (non-hydrogen) atoms. The van der Waals surface area contributed by atoms with Crippen molar-refractivity contribution in [2.45, 2.75) is 6.54 Å². The summed E-state index contributed by atoms with van der Waals surface area (Å²) in [5, 5.41) is 2.87. The largest absolute Gasteiger partial charge is 0.481 e. The third kappa shape index (κ3) is 3.44. The highest BCUT2D eigenvalue weighted by Crippen LogP contribution is 2.14. The predicted molar refractivity (Wildman–Crippen MR) is 81.1 cm³/mol. The van der Waals surface area contributed by atoms with Gasteiger partial charge in [-0.05, 0) is 40.8 Å². The standard InChI is InChI=1S/C14H13IN2O2/c1-19-14-10(5-4-8-16-14)9-17-13(18)11-6-2-3-7-12(11)15/h2-8H,9H2,1H3,(H,17,18). The van der Waals surface area contributed by atoms with E-state index < -0.39 is 0 Å². The van der Waals surface area contributed by atoms with Gasteiger partial charge in [-0.3, -0.25) is 4.79 Å². The summed E-state index contributed by atoms with van der Waals surface area (Å²) in [5.41, 5.74) is 1.52. The maximum Gasteiger partial charge on any atom is 0.252 e. The minimum Gasteiger partial charge on any atom is -0.481 e. The molecule has 0 saturated heterocycles. The lowest BCUT2D eigenvalue weighted by Gasteiger charge is -2.09. The van der Waals surface area contributed by atoms with Crippen LogP contribution >= 0.6 is 22.6 Å². The van der Waals surface area contributed by atoms with Crippen molar-refractivity contribution >= 4 is 28.5 Å². The first-order chi connectivity index (χ1) is 9.22. The molecule has 0 atom stereocenters. The molecule has 0 saturated carbocycles. The molecule has 1 amide bonds. The Balaban J connectivity index is 2.07. The normalized spacial score (nSPS) is 10.0. The molecule has 0 aliphatic carbocycles. The average molecular weight is 368 g/mol. The first kappa shape index (κ1) is 13.8. The predicted octanol–water partition coefficient (Wildman–Crippen LogP) is 2.62. The molecule has 0 spiro atoms. The molecule has 1 heterocycles. The van der Waals surface area contributed by atoms with Crippen LogP contribution in [0.1, 0.15) is 15.9 Å². The molecule has 0 fully saturated rings. The molecule has 2 aromatic rings. The second-order valence-corrected chi connectivity index (χ2v) is 5.00. The highest BCUT2D eigenvalue weighted by Gasteiger charge is 2.10. The van der Waals surface area contributed by atoms with Gasteiger partial charge in [0.1, 0.15) is 0 Å². The second kappa shape index (κ2) is 6.51. The van der Waals surface area contributed by atoms with E-state index in [0.29, 0.717) is 18.0 Å². The Bertz CT molecular complexity index is 587. The van der Waals surface area contributed by atoms with Crippen molar-refractivity contribution in [2.24, 2.45) is 0 Å². The quantitative estimate of drug-likeness (QED) is 0.845. The zero-order chi connectivity index (χ0) is 13.7. The summed E-state index contributed by atoms with van der Waals surface area (Å²) in [6, 6.07) is 11.2. The monoisotopic (exact) mass is 368 g/mol. The number of halogens is 1. The Hall–Kier alpha value is -1.63. The zero-order valence-corrected chi connectivity index (χ0v) is 12.5. The number of nitrogens with one attached hydrogen (secondary N) is 1. The van der Waals surface area contributed by atoms with Gasteiger partial charge in [-0.1, -0.05) is 18.2 Å². The third-order valence-electron chi connectivity index (χ3n) is 2.60. The molecule has 0 radical (unpaired) electrons. The molecule has 1 aromatic carbocycles. The van der Waals surface area contributed by atoms with Crippen LogP contribution in [0.5, 0.6) is 5.88 Å². The fourth-order valence-electron chi connectivity index (χ4n) is 1.66. The average Bonchev–Trinajstić information content (AvgIpc) is 2.45. The Morgan fingerprint density at radius 3 is 2.84 bits per heavy atom. The van der Waals surface area contributed by atoms with Crippen molar-refractivity contribution in [3.63, 3.8) is 0 Å². The summed E-state index contributed by atoms with van der Waals surface area (Å²) < 4.78 is 6.07. The molecule has 1 N–H and O–H groups in total. The van der Waals surface area contributed by atoms with Crippen molar-refractivity contribution in [1.29, 1.82) is 0 Å². The summed E-state index contributed by atoms with van der Waals surface area (Å²) in [6.07, 6.45) is 1.66. The number of pyridine rings is 1. The zero-order valence-electron chi connectivity index (χ0n) is 10.4. The lowest BCUT2D eigenvalue weighted by Crippen LogP contribution is -2.24. The summed E-state index contributed by atoms with van der Waals surface area (Å²) in [4.78, 5) is 16.2. The van der Waals surface area contributed by atoms with E-state index in [9.17, 15) is 4.79 Å². The van der Waals surface area contributed by atoms with Gasteiger partial charge in [0.2, 0.25) is 5.88 Å². The lowest BCUT2D eigenvalue weighted by molar-refractivity contribution is 0.0949. The number of nitrogens with zero attached hydrogens (tertiary/aromatic N) is 1. The summed E-state index contributed by atoms with van der Waals surface area (Å²) in [5.74, 6) is 0.432. The Kier molecular flexibility index (Phi) is 4.73. The highest BCUT2D eigenvalue weighted by atomic mass is 127. The van der Waals surface area contributed by atoms with Crippen LogP contribution in [-0.4, -0.2) is 18.0 Å². The number of carbonyl (C=O) groups is 1. The van der Waals surface area contributed by atoms with Crippen molar-refractivity contribution in [1.82, 2.24) is 10.3 Å². The van der Waals surface area contributed by atoms with E-state index in [1.165, 1.54) is 0 Å². The van der Waals surface area contributed by atoms with Crippen LogP contribution < -0.4 is 10.1 Å². The Morgan fingerprint density at radius 1 is 1.32 bits per heavy atom. The molecule has 0 aliphatic rings. The molecular weight excluding hydrogens is 355 g/mol. The van der Waals surface area contributed by atoms with Crippen LogP contribution in [0.4, 0.5) is 0 Å². The molecule has 98 valence electrons. The van der Waals surface area contributed by atoms with Gasteiger partial charge >= 0.3 is 0 Å². The Morgan fingerprint density at radius 2 is 2.11 bits per heavy atom. The van der Waals surface area contributed by atoms with Gasteiger partial charge in [-0.2, -0.15) is 0 Å². The van der Waals surface area contributed by atoms with E-state index in [2.05, 4.69) is 32.9 Å². The number of benzene rings is 1. The van der Waals surface area contributed by atoms with E-state index in [1.807, 2.05) is 30.3 Å². The molecule has 4 nitrogen and oxygen atoms in total. The van der Waals surface area contributed by atoms with E-state index >= 15 is 0 Å². The maximum absolute atomic E-state index is 12.1. The van der Waals surface area contributed by atoms with Crippen LogP contribution in [-0.2, 0) is 6.54 Å². The minimum absolute atomic E-state index is 0.101. The van der Waals surface area contributed by atoms with E-state index in [4.69, 9.17) is 4.74 Å². The van der Waals surface area contributed by atoms with Gasteiger partial charge in [0.05, 0.1) is 12.7 Å². The molecule has 5 heteroatoms. The number of amides is 1. The van der Waals surface area contributed by atoms with Gasteiger partial charge in [0.25, 0.3) is 5.91 Å². The fraction of sp³-hybridized carbons (Fsp3) is 0.143. The molecule has 0 bridgehead atoms. The topological polar surface area (TPSA) is 51.2 Å². The summed E-state index contributed by atoms with van der Waals surface area (Å²) in [6.45, 7) is 0.390.